The first kappa shape index (κ1) is 16.0. The number of nitrogens with one attached hydrogen (secondary N) is 1. The lowest BCUT2D eigenvalue weighted by Crippen LogP contribution is -2.46. The number of hydrogen-bond acceptors (Lipinski definition) is 3. The summed E-state index contributed by atoms with van der Waals surface area (Å²) in [6.45, 7) is 5.06. The third-order valence-corrected chi connectivity index (χ3v) is 4.73. The predicted molar refractivity (Wildman–Crippen MR) is 95.5 cm³/mol. The van der Waals surface area contributed by atoms with E-state index in [4.69, 9.17) is 0 Å². The highest BCUT2D eigenvalue weighted by atomic mass is 16.3. The number of nitrogens with zero attached hydrogens (tertiary/aromatic N) is 1. The van der Waals surface area contributed by atoms with Gasteiger partial charge in [0.15, 0.2) is 0 Å². The maximum absolute atomic E-state index is 10.4. The molecule has 0 amide bonds. The van der Waals surface area contributed by atoms with Crippen LogP contribution in [0, 0.1) is 5.92 Å². The average molecular weight is 310 g/mol. The van der Waals surface area contributed by atoms with Crippen LogP contribution in [0.5, 0.6) is 0 Å². The molecule has 2 aromatic carbocycles. The highest BCUT2D eigenvalue weighted by Gasteiger charge is 2.27. The third kappa shape index (κ3) is 4.34. The average Bonchev–Trinajstić information content (AvgIpc) is 2.59. The molecule has 1 saturated heterocycles. The fourth-order valence-corrected chi connectivity index (χ4v) is 3.39. The van der Waals surface area contributed by atoms with E-state index in [1.165, 1.54) is 5.69 Å². The Labute approximate surface area is 139 Å². The first-order valence-corrected chi connectivity index (χ1v) is 8.49. The summed E-state index contributed by atoms with van der Waals surface area (Å²) in [5, 5.41) is 14.0. The van der Waals surface area contributed by atoms with E-state index in [0.29, 0.717) is 18.5 Å². The van der Waals surface area contributed by atoms with Gasteiger partial charge in [0.05, 0.1) is 6.10 Å². The van der Waals surface area contributed by atoms with Crippen LogP contribution < -0.4 is 5.32 Å². The molecule has 1 heterocycles. The summed E-state index contributed by atoms with van der Waals surface area (Å²) in [6.07, 6.45) is 0.708. The van der Waals surface area contributed by atoms with Crippen LogP contribution in [-0.4, -0.2) is 35.7 Å². The highest BCUT2D eigenvalue weighted by molar-refractivity contribution is 5.43. The monoisotopic (exact) mass is 310 g/mol. The number of hydrogen-bond donors (Lipinski definition) is 2. The summed E-state index contributed by atoms with van der Waals surface area (Å²) in [4.78, 5) is 2.38. The van der Waals surface area contributed by atoms with Gasteiger partial charge in [0.25, 0.3) is 0 Å². The van der Waals surface area contributed by atoms with E-state index in [-0.39, 0.29) is 0 Å². The molecule has 3 nitrogen and oxygen atoms in total. The summed E-state index contributed by atoms with van der Waals surface area (Å²) in [5.41, 5.74) is 2.20. The molecule has 122 valence electrons. The van der Waals surface area contributed by atoms with Gasteiger partial charge in [-0.15, -0.1) is 0 Å². The molecule has 1 aliphatic heterocycles. The Kier molecular flexibility index (Phi) is 5.31. The molecular formula is C20H26N2O. The van der Waals surface area contributed by atoms with Gasteiger partial charge < -0.3 is 10.4 Å². The van der Waals surface area contributed by atoms with Crippen molar-refractivity contribution in [1.82, 2.24) is 4.90 Å². The quantitative estimate of drug-likeness (QED) is 0.886. The van der Waals surface area contributed by atoms with Crippen LogP contribution in [0.15, 0.2) is 60.7 Å². The fraction of sp³-hybridized carbons (Fsp3) is 0.400. The topological polar surface area (TPSA) is 35.5 Å². The standard InChI is InChI=1S/C20H26N2O/c1-16-14-22(15-20(23)17-8-4-2-5-9-17)13-12-19(16)21-18-10-6-3-7-11-18/h2-11,16,19-21,23H,12-15H2,1H3/t16-,19-,20-/m0/s1. The van der Waals surface area contributed by atoms with Crippen molar-refractivity contribution in [2.45, 2.75) is 25.5 Å². The number of para-hydroxylation sites is 1. The lowest BCUT2D eigenvalue weighted by Gasteiger charge is -2.38. The Balaban J connectivity index is 1.52. The van der Waals surface area contributed by atoms with Crippen LogP contribution in [-0.2, 0) is 0 Å². The normalized spacial score (nSPS) is 23.4. The molecule has 1 aliphatic rings. The number of piperidine rings is 1. The molecule has 0 radical (unpaired) electrons. The van der Waals surface area contributed by atoms with E-state index in [9.17, 15) is 5.11 Å². The predicted octanol–water partition coefficient (Wildman–Crippen LogP) is 3.54. The Bertz CT molecular complexity index is 587. The number of benzene rings is 2. The van der Waals surface area contributed by atoms with Gasteiger partial charge in [0.2, 0.25) is 0 Å². The van der Waals surface area contributed by atoms with Gasteiger partial charge in [0.1, 0.15) is 0 Å². The molecule has 2 N–H and O–H groups in total. The summed E-state index contributed by atoms with van der Waals surface area (Å²) >= 11 is 0. The zero-order valence-corrected chi connectivity index (χ0v) is 13.7. The van der Waals surface area contributed by atoms with Crippen LogP contribution in [0.4, 0.5) is 5.69 Å². The smallest absolute Gasteiger partial charge is 0.0916 e. The molecular weight excluding hydrogens is 284 g/mol. The van der Waals surface area contributed by atoms with E-state index >= 15 is 0 Å². The zero-order valence-electron chi connectivity index (χ0n) is 13.7. The molecule has 0 saturated carbocycles. The van der Waals surface area contributed by atoms with Crippen molar-refractivity contribution < 1.29 is 5.11 Å². The Morgan fingerprint density at radius 3 is 2.39 bits per heavy atom. The molecule has 0 bridgehead atoms. The van der Waals surface area contributed by atoms with Crippen LogP contribution >= 0.6 is 0 Å². The molecule has 3 atom stereocenters. The number of rotatable bonds is 5. The fourth-order valence-electron chi connectivity index (χ4n) is 3.39. The third-order valence-electron chi connectivity index (χ3n) is 4.73. The van der Waals surface area contributed by atoms with Gasteiger partial charge in [-0.3, -0.25) is 4.90 Å². The van der Waals surface area contributed by atoms with Gasteiger partial charge in [-0.25, -0.2) is 0 Å². The van der Waals surface area contributed by atoms with Gasteiger partial charge in [-0.05, 0) is 30.0 Å². The minimum atomic E-state index is -0.401. The van der Waals surface area contributed by atoms with Crippen molar-refractivity contribution in [3.05, 3.63) is 66.2 Å². The van der Waals surface area contributed by atoms with E-state index in [1.807, 2.05) is 36.4 Å². The van der Waals surface area contributed by atoms with Gasteiger partial charge in [-0.2, -0.15) is 0 Å². The van der Waals surface area contributed by atoms with Crippen molar-refractivity contribution >= 4 is 5.69 Å². The minimum Gasteiger partial charge on any atom is -0.387 e. The Hall–Kier alpha value is -1.84. The van der Waals surface area contributed by atoms with Gasteiger partial charge in [0, 0.05) is 31.4 Å². The first-order valence-electron chi connectivity index (χ1n) is 8.49. The van der Waals surface area contributed by atoms with E-state index in [2.05, 4.69) is 41.4 Å². The molecule has 1 fully saturated rings. The van der Waals surface area contributed by atoms with Crippen molar-refractivity contribution in [3.8, 4) is 0 Å². The summed E-state index contributed by atoms with van der Waals surface area (Å²) < 4.78 is 0. The number of aliphatic hydroxyl groups is 1. The van der Waals surface area contributed by atoms with Crippen LogP contribution in [0.1, 0.15) is 25.0 Å². The molecule has 0 aliphatic carbocycles. The Morgan fingerprint density at radius 1 is 1.09 bits per heavy atom. The second-order valence-corrected chi connectivity index (χ2v) is 6.57. The molecule has 23 heavy (non-hydrogen) atoms. The van der Waals surface area contributed by atoms with Crippen molar-refractivity contribution in [1.29, 1.82) is 0 Å². The van der Waals surface area contributed by atoms with Crippen molar-refractivity contribution in [2.24, 2.45) is 5.92 Å². The summed E-state index contributed by atoms with van der Waals surface area (Å²) in [6, 6.07) is 20.9. The van der Waals surface area contributed by atoms with E-state index in [1.54, 1.807) is 0 Å². The van der Waals surface area contributed by atoms with Gasteiger partial charge >= 0.3 is 0 Å². The zero-order chi connectivity index (χ0) is 16.1. The maximum atomic E-state index is 10.4. The van der Waals surface area contributed by atoms with Crippen LogP contribution in [0.2, 0.25) is 0 Å². The van der Waals surface area contributed by atoms with Crippen LogP contribution in [0.25, 0.3) is 0 Å². The highest BCUT2D eigenvalue weighted by Crippen LogP contribution is 2.23. The first-order chi connectivity index (χ1) is 11.2. The van der Waals surface area contributed by atoms with E-state index in [0.717, 1.165) is 25.1 Å². The number of aliphatic hydroxyl groups excluding tert-OH is 1. The number of likely N-dealkylation sites (tertiary alicyclic amines) is 1. The molecule has 3 rings (SSSR count). The largest absolute Gasteiger partial charge is 0.387 e. The van der Waals surface area contributed by atoms with Gasteiger partial charge in [-0.1, -0.05) is 55.5 Å². The molecule has 0 spiro atoms. The van der Waals surface area contributed by atoms with E-state index < -0.39 is 6.10 Å². The number of anilines is 1. The maximum Gasteiger partial charge on any atom is 0.0916 e. The molecule has 0 aromatic heterocycles. The molecule has 0 unspecified atom stereocenters. The number of β-amino-alcohol motifs (C(OH)–C–C–N with tert-alkyl or cyclic N) is 1. The molecule has 2 aromatic rings. The second-order valence-electron chi connectivity index (χ2n) is 6.57. The summed E-state index contributed by atoms with van der Waals surface area (Å²) in [5.74, 6) is 0.562. The lowest BCUT2D eigenvalue weighted by molar-refractivity contribution is 0.0837. The SMILES string of the molecule is C[C@H]1CN(C[C@H](O)c2ccccc2)CC[C@@H]1Nc1ccccc1. The summed E-state index contributed by atoms with van der Waals surface area (Å²) in [7, 11) is 0. The van der Waals surface area contributed by atoms with Crippen molar-refractivity contribution in [3.63, 3.8) is 0 Å². The Morgan fingerprint density at radius 2 is 1.74 bits per heavy atom. The van der Waals surface area contributed by atoms with Crippen LogP contribution in [0.3, 0.4) is 0 Å². The lowest BCUT2D eigenvalue weighted by atomic mass is 9.93. The second kappa shape index (κ2) is 7.62. The van der Waals surface area contributed by atoms with Crippen molar-refractivity contribution in [2.75, 3.05) is 25.0 Å². The molecule has 3 heteroatoms. The minimum absolute atomic E-state index is 0.401.